The van der Waals surface area contributed by atoms with Crippen LogP contribution in [0.2, 0.25) is 0 Å². The molecule has 6 heteroatoms. The number of rotatable bonds is 5. The lowest BCUT2D eigenvalue weighted by atomic mass is 10.1. The molecule has 0 spiro atoms. The summed E-state index contributed by atoms with van der Waals surface area (Å²) in [7, 11) is 1.76. The molecule has 0 aliphatic heterocycles. The highest BCUT2D eigenvalue weighted by Gasteiger charge is 2.17. The summed E-state index contributed by atoms with van der Waals surface area (Å²) in [4.78, 5) is 18.3. The fourth-order valence-corrected chi connectivity index (χ4v) is 3.05. The standard InChI is InChI=1S/C23H21N5O/c1-27(23(29)25-21-14-8-9-15-24-21)16-19-17-28(20-12-6-3-7-13-20)26-22(19)18-10-4-2-5-11-18/h2-15,17H,16H2,1H3,(H,24,25,29). The van der Waals surface area contributed by atoms with E-state index in [1.54, 1.807) is 24.2 Å². The van der Waals surface area contributed by atoms with E-state index < -0.39 is 0 Å². The minimum absolute atomic E-state index is 0.227. The molecule has 29 heavy (non-hydrogen) atoms. The van der Waals surface area contributed by atoms with Crippen molar-refractivity contribution < 1.29 is 4.79 Å². The number of nitrogens with one attached hydrogen (secondary N) is 1. The minimum Gasteiger partial charge on any atom is -0.323 e. The molecule has 2 aromatic carbocycles. The lowest BCUT2D eigenvalue weighted by molar-refractivity contribution is 0.220. The summed E-state index contributed by atoms with van der Waals surface area (Å²) in [5, 5.41) is 7.60. The summed E-state index contributed by atoms with van der Waals surface area (Å²) in [5.74, 6) is 0.521. The molecule has 4 rings (SSSR count). The molecule has 0 radical (unpaired) electrons. The van der Waals surface area contributed by atoms with E-state index in [1.807, 2.05) is 83.7 Å². The van der Waals surface area contributed by atoms with Crippen LogP contribution in [0.15, 0.2) is 91.3 Å². The molecule has 6 nitrogen and oxygen atoms in total. The number of aromatic nitrogens is 3. The second-order valence-electron chi connectivity index (χ2n) is 6.65. The number of hydrogen-bond acceptors (Lipinski definition) is 3. The Morgan fingerprint density at radius 2 is 1.66 bits per heavy atom. The van der Waals surface area contributed by atoms with Gasteiger partial charge in [-0.25, -0.2) is 14.5 Å². The molecular weight excluding hydrogens is 362 g/mol. The third kappa shape index (κ3) is 4.32. The van der Waals surface area contributed by atoms with Crippen molar-refractivity contribution in [2.45, 2.75) is 6.54 Å². The highest BCUT2D eigenvalue weighted by Crippen LogP contribution is 2.24. The van der Waals surface area contributed by atoms with Crippen molar-refractivity contribution in [2.24, 2.45) is 0 Å². The van der Waals surface area contributed by atoms with E-state index in [0.717, 1.165) is 22.5 Å². The Morgan fingerprint density at radius 1 is 0.966 bits per heavy atom. The Kier molecular flexibility index (Phi) is 5.33. The van der Waals surface area contributed by atoms with E-state index in [0.29, 0.717) is 12.4 Å². The average Bonchev–Trinajstić information content (AvgIpc) is 3.19. The highest BCUT2D eigenvalue weighted by molar-refractivity contribution is 5.88. The fourth-order valence-electron chi connectivity index (χ4n) is 3.05. The van der Waals surface area contributed by atoms with E-state index in [9.17, 15) is 4.79 Å². The molecule has 0 fully saturated rings. The first-order valence-corrected chi connectivity index (χ1v) is 9.33. The summed E-state index contributed by atoms with van der Waals surface area (Å²) in [6.07, 6.45) is 3.62. The predicted octanol–water partition coefficient (Wildman–Crippen LogP) is 4.60. The van der Waals surface area contributed by atoms with E-state index >= 15 is 0 Å². The van der Waals surface area contributed by atoms with Crippen LogP contribution in [0, 0.1) is 0 Å². The van der Waals surface area contributed by atoms with Crippen LogP contribution in [0.1, 0.15) is 5.56 Å². The maximum atomic E-state index is 12.6. The molecule has 4 aromatic rings. The third-order valence-electron chi connectivity index (χ3n) is 4.51. The van der Waals surface area contributed by atoms with Crippen molar-refractivity contribution >= 4 is 11.8 Å². The molecule has 2 heterocycles. The molecule has 2 amide bonds. The quantitative estimate of drug-likeness (QED) is 0.548. The molecule has 0 bridgehead atoms. The Hall–Kier alpha value is -3.93. The summed E-state index contributed by atoms with van der Waals surface area (Å²) in [6, 6.07) is 25.1. The number of benzene rings is 2. The van der Waals surface area contributed by atoms with Gasteiger partial charge >= 0.3 is 6.03 Å². The van der Waals surface area contributed by atoms with Gasteiger partial charge in [0.05, 0.1) is 17.9 Å². The van der Waals surface area contributed by atoms with E-state index in [-0.39, 0.29) is 6.03 Å². The van der Waals surface area contributed by atoms with Gasteiger partial charge in [-0.2, -0.15) is 5.10 Å². The maximum Gasteiger partial charge on any atom is 0.323 e. The van der Waals surface area contributed by atoms with Crippen LogP contribution >= 0.6 is 0 Å². The van der Waals surface area contributed by atoms with E-state index in [1.165, 1.54) is 0 Å². The molecule has 0 aliphatic carbocycles. The van der Waals surface area contributed by atoms with Gasteiger partial charge in [-0.15, -0.1) is 0 Å². The van der Waals surface area contributed by atoms with Gasteiger partial charge in [0.25, 0.3) is 0 Å². The van der Waals surface area contributed by atoms with E-state index in [2.05, 4.69) is 10.3 Å². The van der Waals surface area contributed by atoms with Crippen LogP contribution in [-0.4, -0.2) is 32.7 Å². The zero-order valence-corrected chi connectivity index (χ0v) is 16.1. The van der Waals surface area contributed by atoms with Gasteiger partial charge in [-0.05, 0) is 24.3 Å². The first-order valence-electron chi connectivity index (χ1n) is 9.33. The number of pyridine rings is 1. The smallest absolute Gasteiger partial charge is 0.323 e. The van der Waals surface area contributed by atoms with Gasteiger partial charge in [0.1, 0.15) is 5.82 Å². The number of hydrogen-bond donors (Lipinski definition) is 1. The molecule has 0 unspecified atom stereocenters. The largest absolute Gasteiger partial charge is 0.323 e. The van der Waals surface area contributed by atoms with Gasteiger partial charge in [0, 0.05) is 30.6 Å². The van der Waals surface area contributed by atoms with Gasteiger partial charge in [0.2, 0.25) is 0 Å². The second-order valence-corrected chi connectivity index (χ2v) is 6.65. The Bertz CT molecular complexity index is 1080. The van der Waals surface area contributed by atoms with Crippen LogP contribution in [-0.2, 0) is 6.54 Å². The predicted molar refractivity (Wildman–Crippen MR) is 114 cm³/mol. The average molecular weight is 383 g/mol. The van der Waals surface area contributed by atoms with Gasteiger partial charge in [0.15, 0.2) is 0 Å². The summed E-state index contributed by atoms with van der Waals surface area (Å²) in [5.41, 5.74) is 3.79. The Morgan fingerprint density at radius 3 is 2.34 bits per heavy atom. The Balaban J connectivity index is 1.61. The topological polar surface area (TPSA) is 63.1 Å². The number of nitrogens with zero attached hydrogens (tertiary/aromatic N) is 4. The Labute approximate surface area is 169 Å². The van der Waals surface area contributed by atoms with Crippen molar-refractivity contribution in [3.8, 4) is 16.9 Å². The molecule has 1 N–H and O–H groups in total. The monoisotopic (exact) mass is 383 g/mol. The molecule has 0 aliphatic rings. The van der Waals surface area contributed by atoms with Crippen molar-refractivity contribution in [1.82, 2.24) is 19.7 Å². The van der Waals surface area contributed by atoms with Crippen LogP contribution in [0.5, 0.6) is 0 Å². The van der Waals surface area contributed by atoms with Crippen molar-refractivity contribution in [3.05, 3.63) is 96.8 Å². The summed E-state index contributed by atoms with van der Waals surface area (Å²) in [6.45, 7) is 0.412. The fraction of sp³-hybridized carbons (Fsp3) is 0.0870. The number of urea groups is 1. The number of amides is 2. The molecule has 0 saturated carbocycles. The first-order chi connectivity index (χ1) is 14.2. The summed E-state index contributed by atoms with van der Waals surface area (Å²) >= 11 is 0. The molecule has 2 aromatic heterocycles. The molecule has 144 valence electrons. The number of carbonyl (C=O) groups excluding carboxylic acids is 1. The lowest BCUT2D eigenvalue weighted by Gasteiger charge is -2.17. The maximum absolute atomic E-state index is 12.6. The molecule has 0 saturated heterocycles. The van der Waals surface area contributed by atoms with Crippen LogP contribution in [0.3, 0.4) is 0 Å². The van der Waals surface area contributed by atoms with Crippen LogP contribution in [0.25, 0.3) is 16.9 Å². The first kappa shape index (κ1) is 18.4. The normalized spacial score (nSPS) is 10.5. The van der Waals surface area contributed by atoms with Crippen molar-refractivity contribution in [3.63, 3.8) is 0 Å². The molecule has 0 atom stereocenters. The van der Waals surface area contributed by atoms with Gasteiger partial charge in [-0.3, -0.25) is 5.32 Å². The zero-order chi connectivity index (χ0) is 20.1. The molecular formula is C23H21N5O. The van der Waals surface area contributed by atoms with E-state index in [4.69, 9.17) is 5.10 Å². The SMILES string of the molecule is CN(Cc1cn(-c2ccccc2)nc1-c1ccccc1)C(=O)Nc1ccccn1. The number of carbonyl (C=O) groups is 1. The third-order valence-corrected chi connectivity index (χ3v) is 4.51. The van der Waals surface area contributed by atoms with Crippen LogP contribution < -0.4 is 5.32 Å². The van der Waals surface area contributed by atoms with Crippen molar-refractivity contribution in [2.75, 3.05) is 12.4 Å². The summed E-state index contributed by atoms with van der Waals surface area (Å²) < 4.78 is 1.85. The highest BCUT2D eigenvalue weighted by atomic mass is 16.2. The minimum atomic E-state index is -0.227. The second kappa shape index (κ2) is 8.39. The zero-order valence-electron chi connectivity index (χ0n) is 16.1. The van der Waals surface area contributed by atoms with Crippen LogP contribution in [0.4, 0.5) is 10.6 Å². The lowest BCUT2D eigenvalue weighted by Crippen LogP contribution is -2.31. The van der Waals surface area contributed by atoms with Gasteiger partial charge < -0.3 is 4.90 Å². The van der Waals surface area contributed by atoms with Gasteiger partial charge in [-0.1, -0.05) is 54.6 Å². The number of anilines is 1. The number of para-hydroxylation sites is 1. The van der Waals surface area contributed by atoms with Crippen molar-refractivity contribution in [1.29, 1.82) is 0 Å².